The van der Waals surface area contributed by atoms with Crippen molar-refractivity contribution in [2.75, 3.05) is 5.75 Å². The van der Waals surface area contributed by atoms with Gasteiger partial charge in [0.2, 0.25) is 0 Å². The molecule has 0 aromatic carbocycles. The Morgan fingerprint density at radius 1 is 1.42 bits per heavy atom. The van der Waals surface area contributed by atoms with Gasteiger partial charge in [0.25, 0.3) is 5.56 Å². The molecule has 4 nitrogen and oxygen atoms in total. The molecule has 2 heterocycles. The quantitative estimate of drug-likeness (QED) is 0.698. The highest BCUT2D eigenvalue weighted by molar-refractivity contribution is 7.99. The number of rotatable bonds is 3. The first kappa shape index (κ1) is 12.9. The van der Waals surface area contributed by atoms with Crippen LogP contribution >= 0.6 is 23.1 Å². The average Bonchev–Trinajstić information content (AvgIpc) is 2.74. The molecule has 100 valence electrons. The van der Waals surface area contributed by atoms with Gasteiger partial charge in [0, 0.05) is 4.88 Å². The number of hydrogen-bond donors (Lipinski definition) is 1. The highest BCUT2D eigenvalue weighted by Crippen LogP contribution is 2.34. The second-order valence-electron chi connectivity index (χ2n) is 4.75. The van der Waals surface area contributed by atoms with Crippen molar-refractivity contribution in [2.24, 2.45) is 0 Å². The van der Waals surface area contributed by atoms with Gasteiger partial charge in [-0.25, -0.2) is 4.98 Å². The van der Waals surface area contributed by atoms with Crippen LogP contribution in [0, 0.1) is 0 Å². The Hall–Kier alpha value is -1.14. The minimum absolute atomic E-state index is 0.0598. The molecule has 1 aliphatic carbocycles. The SMILES string of the molecule is CC(=O)CSc1nc2sc3c(c2c(=O)[nH]1)CCCC3. The predicted octanol–water partition coefficient (Wildman–Crippen LogP) is 2.54. The molecule has 1 aliphatic rings. The van der Waals surface area contributed by atoms with E-state index in [1.54, 1.807) is 11.3 Å². The number of nitrogens with one attached hydrogen (secondary N) is 1. The third-order valence-electron chi connectivity index (χ3n) is 3.22. The third-order valence-corrected chi connectivity index (χ3v) is 5.42. The smallest absolute Gasteiger partial charge is 0.260 e. The Morgan fingerprint density at radius 3 is 3.00 bits per heavy atom. The van der Waals surface area contributed by atoms with E-state index >= 15 is 0 Å². The average molecular weight is 294 g/mol. The van der Waals surface area contributed by atoms with Crippen molar-refractivity contribution < 1.29 is 4.79 Å². The summed E-state index contributed by atoms with van der Waals surface area (Å²) in [6, 6.07) is 0. The second-order valence-corrected chi connectivity index (χ2v) is 6.80. The van der Waals surface area contributed by atoms with Crippen molar-refractivity contribution in [3.05, 3.63) is 20.8 Å². The number of fused-ring (bicyclic) bond motifs is 3. The van der Waals surface area contributed by atoms with E-state index in [0.717, 1.165) is 29.5 Å². The van der Waals surface area contributed by atoms with Crippen LogP contribution in [0.3, 0.4) is 0 Å². The fraction of sp³-hybridized carbons (Fsp3) is 0.462. The number of carbonyl (C=O) groups is 1. The van der Waals surface area contributed by atoms with Crippen molar-refractivity contribution >= 4 is 39.1 Å². The van der Waals surface area contributed by atoms with Gasteiger partial charge in [-0.1, -0.05) is 11.8 Å². The van der Waals surface area contributed by atoms with Gasteiger partial charge in [0.1, 0.15) is 10.6 Å². The van der Waals surface area contributed by atoms with Gasteiger partial charge in [0.05, 0.1) is 11.1 Å². The topological polar surface area (TPSA) is 62.8 Å². The Labute approximate surface area is 118 Å². The first-order chi connectivity index (χ1) is 9.15. The molecule has 0 saturated heterocycles. The van der Waals surface area contributed by atoms with Crippen molar-refractivity contribution in [3.63, 3.8) is 0 Å². The Kier molecular flexibility index (Phi) is 3.45. The molecule has 0 unspecified atom stereocenters. The van der Waals surface area contributed by atoms with Crippen LogP contribution < -0.4 is 5.56 Å². The number of ketones is 1. The van der Waals surface area contributed by atoms with E-state index in [0.29, 0.717) is 10.9 Å². The van der Waals surface area contributed by atoms with Crippen LogP contribution in [-0.4, -0.2) is 21.5 Å². The summed E-state index contributed by atoms with van der Waals surface area (Å²) in [6.07, 6.45) is 4.40. The predicted molar refractivity (Wildman–Crippen MR) is 78.3 cm³/mol. The van der Waals surface area contributed by atoms with Crippen molar-refractivity contribution in [2.45, 2.75) is 37.8 Å². The monoisotopic (exact) mass is 294 g/mol. The van der Waals surface area contributed by atoms with Gasteiger partial charge < -0.3 is 4.98 Å². The normalized spacial score (nSPS) is 14.6. The lowest BCUT2D eigenvalue weighted by atomic mass is 9.97. The summed E-state index contributed by atoms with van der Waals surface area (Å²) in [4.78, 5) is 32.6. The summed E-state index contributed by atoms with van der Waals surface area (Å²) < 4.78 is 0. The fourth-order valence-electron chi connectivity index (χ4n) is 2.38. The van der Waals surface area contributed by atoms with Crippen LogP contribution in [0.1, 0.15) is 30.2 Å². The molecule has 19 heavy (non-hydrogen) atoms. The van der Waals surface area contributed by atoms with Gasteiger partial charge in [-0.3, -0.25) is 9.59 Å². The lowest BCUT2D eigenvalue weighted by Gasteiger charge is -2.09. The Bertz CT molecular complexity index is 702. The Morgan fingerprint density at radius 2 is 2.21 bits per heavy atom. The molecule has 0 bridgehead atoms. The highest BCUT2D eigenvalue weighted by Gasteiger charge is 2.19. The third kappa shape index (κ3) is 2.47. The number of nitrogens with zero attached hydrogens (tertiary/aromatic N) is 1. The number of carbonyl (C=O) groups excluding carboxylic acids is 1. The summed E-state index contributed by atoms with van der Waals surface area (Å²) in [6.45, 7) is 1.54. The number of aromatic nitrogens is 2. The molecule has 6 heteroatoms. The van der Waals surface area contributed by atoms with Crippen molar-refractivity contribution in [1.29, 1.82) is 0 Å². The molecule has 0 fully saturated rings. The van der Waals surface area contributed by atoms with E-state index in [1.807, 2.05) is 0 Å². The zero-order chi connectivity index (χ0) is 13.4. The van der Waals surface area contributed by atoms with E-state index < -0.39 is 0 Å². The zero-order valence-electron chi connectivity index (χ0n) is 10.6. The largest absolute Gasteiger partial charge is 0.301 e. The van der Waals surface area contributed by atoms with E-state index in [9.17, 15) is 9.59 Å². The maximum atomic E-state index is 12.2. The highest BCUT2D eigenvalue weighted by atomic mass is 32.2. The van der Waals surface area contributed by atoms with Gasteiger partial charge >= 0.3 is 0 Å². The van der Waals surface area contributed by atoms with E-state index in [-0.39, 0.29) is 11.3 Å². The molecule has 0 atom stereocenters. The van der Waals surface area contributed by atoms with Gasteiger partial charge in [-0.2, -0.15) is 0 Å². The van der Waals surface area contributed by atoms with Gasteiger partial charge in [-0.05, 0) is 38.2 Å². The van der Waals surface area contributed by atoms with E-state index in [4.69, 9.17) is 0 Å². The number of thiophene rings is 1. The van der Waals surface area contributed by atoms with Crippen molar-refractivity contribution in [3.8, 4) is 0 Å². The maximum absolute atomic E-state index is 12.2. The number of aryl methyl sites for hydroxylation is 2. The van der Waals surface area contributed by atoms with Crippen LogP contribution in [0.15, 0.2) is 9.95 Å². The molecule has 2 aromatic rings. The number of hydrogen-bond acceptors (Lipinski definition) is 5. The summed E-state index contributed by atoms with van der Waals surface area (Å²) in [5.41, 5.74) is 1.14. The fourth-order valence-corrected chi connectivity index (χ4v) is 4.36. The number of Topliss-reactive ketones (excluding diaryl/α,β-unsaturated/α-hetero) is 1. The number of aromatic amines is 1. The first-order valence-corrected chi connectivity index (χ1v) is 8.12. The number of H-pyrrole nitrogens is 1. The molecular formula is C13H14N2O2S2. The number of thioether (sulfide) groups is 1. The molecule has 0 aliphatic heterocycles. The van der Waals surface area contributed by atoms with E-state index in [2.05, 4.69) is 9.97 Å². The van der Waals surface area contributed by atoms with Gasteiger partial charge in [-0.15, -0.1) is 11.3 Å². The summed E-state index contributed by atoms with van der Waals surface area (Å²) in [7, 11) is 0. The Balaban J connectivity index is 2.06. The van der Waals surface area contributed by atoms with Crippen LogP contribution in [0.4, 0.5) is 0 Å². The lowest BCUT2D eigenvalue weighted by molar-refractivity contribution is -0.114. The molecular weight excluding hydrogens is 280 g/mol. The summed E-state index contributed by atoms with van der Waals surface area (Å²) in [5.74, 6) is 0.428. The van der Waals surface area contributed by atoms with Crippen LogP contribution in [0.5, 0.6) is 0 Å². The molecule has 0 saturated carbocycles. The molecule has 3 rings (SSSR count). The maximum Gasteiger partial charge on any atom is 0.260 e. The lowest BCUT2D eigenvalue weighted by Crippen LogP contribution is -2.11. The first-order valence-electron chi connectivity index (χ1n) is 6.32. The van der Waals surface area contributed by atoms with Crippen LogP contribution in [0.25, 0.3) is 10.2 Å². The van der Waals surface area contributed by atoms with Gasteiger partial charge in [0.15, 0.2) is 5.16 Å². The van der Waals surface area contributed by atoms with Crippen molar-refractivity contribution in [1.82, 2.24) is 9.97 Å². The van der Waals surface area contributed by atoms with E-state index in [1.165, 1.54) is 35.5 Å². The molecule has 0 spiro atoms. The summed E-state index contributed by atoms with van der Waals surface area (Å²) >= 11 is 2.93. The molecule has 0 amide bonds. The minimum atomic E-state index is -0.0598. The molecule has 2 aromatic heterocycles. The molecule has 1 N–H and O–H groups in total. The minimum Gasteiger partial charge on any atom is -0.301 e. The molecule has 0 radical (unpaired) electrons. The van der Waals surface area contributed by atoms with Crippen LogP contribution in [0.2, 0.25) is 0 Å². The standard InChI is InChI=1S/C13H14N2O2S2/c1-7(16)6-18-13-14-11(17)10-8-4-2-3-5-9(8)19-12(10)15-13/h2-6H2,1H3,(H,14,15,17). The second kappa shape index (κ2) is 5.09. The van der Waals surface area contributed by atoms with Crippen LogP contribution in [-0.2, 0) is 17.6 Å². The summed E-state index contributed by atoms with van der Waals surface area (Å²) in [5, 5.41) is 1.32. The zero-order valence-corrected chi connectivity index (χ0v) is 12.2.